The number of aromatic hydroxyl groups is 2. The minimum Gasteiger partial charge on any atom is -0.508 e. The number of guanidine groups is 1. The van der Waals surface area contributed by atoms with Crippen LogP contribution in [0.3, 0.4) is 0 Å². The normalized spacial score (nSPS) is 15.4. The fourth-order valence-corrected chi connectivity index (χ4v) is 10.0. The molecule has 6 heterocycles. The number of nitrogens with zero attached hydrogens (tertiary/aromatic N) is 12. The van der Waals surface area contributed by atoms with Gasteiger partial charge in [0.15, 0.2) is 17.3 Å². The van der Waals surface area contributed by atoms with Crippen LogP contribution >= 0.6 is 0 Å². The summed E-state index contributed by atoms with van der Waals surface area (Å²) in [6.07, 6.45) is 2.97. The molecule has 0 unspecified atom stereocenters. The average molecular weight is 1090 g/mol. The molecule has 0 atom stereocenters. The molecule has 4 amide bonds. The number of aliphatic imine (C=N–C) groups is 2. The first-order chi connectivity index (χ1) is 38.8. The first-order valence-corrected chi connectivity index (χ1v) is 26.6. The third-order valence-electron chi connectivity index (χ3n) is 14.3. The molecule has 2 saturated heterocycles. The van der Waals surface area contributed by atoms with Crippen molar-refractivity contribution in [1.82, 2.24) is 59.9 Å². The largest absolute Gasteiger partial charge is 0.508 e. The number of anilines is 1. The van der Waals surface area contributed by atoms with Crippen LogP contribution in [0.1, 0.15) is 81.1 Å². The number of hydrogen-bond donors (Lipinski definition) is 5. The van der Waals surface area contributed by atoms with Gasteiger partial charge in [0.1, 0.15) is 28.8 Å². The molecular formula is C56H63N15O9. The summed E-state index contributed by atoms with van der Waals surface area (Å²) in [5.74, 6) is 1.42. The Morgan fingerprint density at radius 1 is 0.775 bits per heavy atom. The molecule has 6 N–H and O–H groups in total. The number of methoxy groups -OCH3 is 1. The van der Waals surface area contributed by atoms with Gasteiger partial charge in [-0.05, 0) is 85.0 Å². The number of piperazine rings is 2. The maximum atomic E-state index is 13.6. The third-order valence-corrected chi connectivity index (χ3v) is 14.3. The predicted molar refractivity (Wildman–Crippen MR) is 296 cm³/mol. The molecule has 2 aromatic heterocycles. The number of benzene rings is 4. The molecule has 0 aliphatic carbocycles. The summed E-state index contributed by atoms with van der Waals surface area (Å²) in [5.41, 5.74) is 10.2. The summed E-state index contributed by atoms with van der Waals surface area (Å²) in [4.78, 5) is 80.2. The van der Waals surface area contributed by atoms with Crippen LogP contribution in [0.15, 0.2) is 95.2 Å². The molecule has 80 heavy (non-hydrogen) atoms. The van der Waals surface area contributed by atoms with Crippen molar-refractivity contribution in [3.05, 3.63) is 119 Å². The lowest BCUT2D eigenvalue weighted by Gasteiger charge is -2.35. The van der Waals surface area contributed by atoms with E-state index in [1.54, 1.807) is 46.9 Å². The van der Waals surface area contributed by atoms with Crippen molar-refractivity contribution in [3.8, 4) is 45.8 Å². The van der Waals surface area contributed by atoms with E-state index in [1.165, 1.54) is 18.5 Å². The molecule has 0 saturated carbocycles. The Morgan fingerprint density at radius 2 is 1.49 bits per heavy atom. The lowest BCUT2D eigenvalue weighted by molar-refractivity contribution is 0.0628. The maximum absolute atomic E-state index is 13.6. The lowest BCUT2D eigenvalue weighted by atomic mass is 9.98. The quantitative estimate of drug-likeness (QED) is 0.0826. The van der Waals surface area contributed by atoms with Crippen molar-refractivity contribution >= 4 is 47.2 Å². The summed E-state index contributed by atoms with van der Waals surface area (Å²) in [7, 11) is 1.55. The Bertz CT molecular complexity index is 3330. The van der Waals surface area contributed by atoms with Crippen molar-refractivity contribution in [2.75, 3.05) is 98.0 Å². The van der Waals surface area contributed by atoms with Crippen molar-refractivity contribution in [2.24, 2.45) is 9.98 Å². The van der Waals surface area contributed by atoms with E-state index in [-0.39, 0.29) is 46.5 Å². The zero-order valence-corrected chi connectivity index (χ0v) is 45.0. The highest BCUT2D eigenvalue weighted by molar-refractivity contribution is 6.20. The summed E-state index contributed by atoms with van der Waals surface area (Å²) < 4.78 is 19.4. The number of amides is 4. The van der Waals surface area contributed by atoms with Crippen LogP contribution in [-0.2, 0) is 6.54 Å². The smallest absolute Gasteiger partial charge is 0.415 e. The number of carbonyl (C=O) groups excluding carboxylic acids is 4. The molecule has 4 aliphatic rings. The number of phenols is 2. The number of carbonyl (C=O) groups is 4. The molecule has 2 fully saturated rings. The molecule has 10 rings (SSSR count). The summed E-state index contributed by atoms with van der Waals surface area (Å²) in [6.45, 7) is 13.6. The van der Waals surface area contributed by atoms with Crippen molar-refractivity contribution in [3.63, 3.8) is 0 Å². The fraction of sp³-hybridized carbons (Fsp3) is 0.357. The van der Waals surface area contributed by atoms with E-state index in [0.29, 0.717) is 149 Å². The molecular weight excluding hydrogens is 1030 g/mol. The molecule has 24 nitrogen and oxygen atoms in total. The highest BCUT2D eigenvalue weighted by atomic mass is 16.6. The second kappa shape index (κ2) is 23.8. The van der Waals surface area contributed by atoms with Crippen molar-refractivity contribution in [1.29, 1.82) is 0 Å². The fourth-order valence-electron chi connectivity index (χ4n) is 10.0. The number of nitrogens with two attached hydrogens (primary N) is 1. The van der Waals surface area contributed by atoms with Gasteiger partial charge in [0.2, 0.25) is 17.7 Å². The van der Waals surface area contributed by atoms with Crippen LogP contribution in [0.2, 0.25) is 0 Å². The maximum Gasteiger partial charge on any atom is 0.415 e. The van der Waals surface area contributed by atoms with Gasteiger partial charge in [-0.3, -0.25) is 44.0 Å². The number of amidine groups is 1. The summed E-state index contributed by atoms with van der Waals surface area (Å²) in [5, 5.41) is 35.6. The van der Waals surface area contributed by atoms with E-state index in [4.69, 9.17) is 24.9 Å². The first kappa shape index (κ1) is 54.2. The Kier molecular flexibility index (Phi) is 16.1. The van der Waals surface area contributed by atoms with Crippen molar-refractivity contribution < 1.29 is 43.6 Å². The number of rotatable bonds is 16. The number of nitrogen functional groups attached to an aromatic ring is 1. The second-order valence-corrected chi connectivity index (χ2v) is 19.9. The molecule has 24 heteroatoms. The van der Waals surface area contributed by atoms with Crippen LogP contribution < -0.4 is 30.6 Å². The van der Waals surface area contributed by atoms with Crippen LogP contribution in [-0.4, -0.2) is 187 Å². The van der Waals surface area contributed by atoms with E-state index in [9.17, 15) is 29.4 Å². The highest BCUT2D eigenvalue weighted by Gasteiger charge is 2.34. The third kappa shape index (κ3) is 11.7. The van der Waals surface area contributed by atoms with Gasteiger partial charge in [0.25, 0.3) is 17.7 Å². The summed E-state index contributed by atoms with van der Waals surface area (Å²) in [6, 6.07) is 21.1. The van der Waals surface area contributed by atoms with E-state index in [0.717, 1.165) is 17.7 Å². The number of nitrogens with one attached hydrogen (secondary N) is 2. The van der Waals surface area contributed by atoms with Gasteiger partial charge in [-0.1, -0.05) is 26.0 Å². The molecule has 4 aliphatic heterocycles. The van der Waals surface area contributed by atoms with Crippen LogP contribution in [0.25, 0.3) is 17.1 Å². The molecule has 6 aromatic rings. The zero-order valence-electron chi connectivity index (χ0n) is 45.0. The summed E-state index contributed by atoms with van der Waals surface area (Å²) >= 11 is 0. The van der Waals surface area contributed by atoms with Gasteiger partial charge >= 0.3 is 6.09 Å². The Labute approximate surface area is 461 Å². The minimum absolute atomic E-state index is 0.0312. The standard InChI is InChI=1S/C56H63N15O9/c1-5-58-52(75)50-65-64-49(42-29-41(34(2)3)43(72)30-44(42)73)71(50)38-11-7-35(8-12-38)33-67-22-24-68(25-23-67)53(76)36-9-13-39(14-10-36)80-56(77)69-26-20-66(21-27-69)18-6-28-79-45-16-15-40-46(47(45)78-4)62-55(70-19-17-59-48(40)70)63-51(74)37-31-60-54(57)61-32-37/h7-16,29-32,34,72-73H,5-6,17-28,33H2,1-4H3,(H,58,75)(H2,57,60,61)(H,62,63,74). The number of fused-ring (bicyclic) bond motifs is 3. The number of phenolic OH excluding ortho intramolecular Hbond substituents is 2. The average Bonchev–Trinajstić information content (AvgIpc) is 4.31. The van der Waals surface area contributed by atoms with E-state index < -0.39 is 17.9 Å². The minimum atomic E-state index is -0.448. The first-order valence-electron chi connectivity index (χ1n) is 26.6. The van der Waals surface area contributed by atoms with E-state index in [2.05, 4.69) is 45.6 Å². The topological polar surface area (TPSA) is 284 Å². The molecule has 416 valence electrons. The van der Waals surface area contributed by atoms with Gasteiger partial charge in [0, 0.05) is 114 Å². The molecule has 4 aromatic carbocycles. The zero-order chi connectivity index (χ0) is 56.0. The predicted octanol–water partition coefficient (Wildman–Crippen LogP) is 4.64. The Hall–Kier alpha value is -9.16. The monoisotopic (exact) mass is 1090 g/mol. The van der Waals surface area contributed by atoms with E-state index in [1.807, 2.05) is 67.0 Å². The number of ether oxygens (including phenoxy) is 3. The second-order valence-electron chi connectivity index (χ2n) is 19.9. The van der Waals surface area contributed by atoms with Gasteiger partial charge in [0.05, 0.1) is 31.4 Å². The van der Waals surface area contributed by atoms with Gasteiger partial charge in [-0.2, -0.15) is 0 Å². The molecule has 0 radical (unpaired) electrons. The number of aromatic nitrogens is 5. The number of hydrogen-bond acceptors (Lipinski definition) is 19. The van der Waals surface area contributed by atoms with Gasteiger partial charge < -0.3 is 45.3 Å². The van der Waals surface area contributed by atoms with Crippen LogP contribution in [0.5, 0.6) is 28.7 Å². The van der Waals surface area contributed by atoms with Crippen LogP contribution in [0, 0.1) is 0 Å². The lowest BCUT2D eigenvalue weighted by Crippen LogP contribution is -2.49. The highest BCUT2D eigenvalue weighted by Crippen LogP contribution is 2.43. The Balaban J connectivity index is 0.664. The molecule has 0 bridgehead atoms. The van der Waals surface area contributed by atoms with Gasteiger partial charge in [-0.25, -0.2) is 19.8 Å². The van der Waals surface area contributed by atoms with Crippen LogP contribution in [0.4, 0.5) is 16.4 Å². The van der Waals surface area contributed by atoms with Gasteiger partial charge in [-0.15, -0.1) is 10.2 Å². The Morgan fingerprint density at radius 3 is 2.19 bits per heavy atom. The van der Waals surface area contributed by atoms with E-state index >= 15 is 0 Å². The van der Waals surface area contributed by atoms with Crippen molar-refractivity contribution in [2.45, 2.75) is 39.7 Å². The molecule has 0 spiro atoms. The SMILES string of the molecule is CCNC(=O)c1nnc(-c2cc(C(C)C)c(O)cc2O)n1-c1ccc(CN2CCN(C(=O)c3ccc(OC(=O)N4CCN(CCCOc5ccc6c(c5OC)N=C(NC(=O)c5cnc(N)nc5)N5CCN=C65)CC4)cc3)CC2)cc1.